The lowest BCUT2D eigenvalue weighted by Crippen LogP contribution is -2.44. The van der Waals surface area contributed by atoms with E-state index in [9.17, 15) is 23.3 Å². The van der Waals surface area contributed by atoms with Gasteiger partial charge in [-0.25, -0.2) is 4.79 Å². The zero-order chi connectivity index (χ0) is 14.8. The zero-order valence-electron chi connectivity index (χ0n) is 10.2. The molecule has 1 aliphatic heterocycles. The van der Waals surface area contributed by atoms with E-state index in [0.717, 1.165) is 12.1 Å². The first kappa shape index (κ1) is 14.1. The number of carbonyl (C=O) groups excluding carboxylic acids is 1. The lowest BCUT2D eigenvalue weighted by Gasteiger charge is -2.25. The van der Waals surface area contributed by atoms with E-state index in [1.165, 1.54) is 12.1 Å². The van der Waals surface area contributed by atoms with Crippen molar-refractivity contribution in [3.8, 4) is 0 Å². The van der Waals surface area contributed by atoms with E-state index in [0.29, 0.717) is 10.7 Å². The summed E-state index contributed by atoms with van der Waals surface area (Å²) < 4.78 is 31.3. The number of cyclic esters (lactones) is 1. The van der Waals surface area contributed by atoms with Gasteiger partial charge in [0.15, 0.2) is 0 Å². The lowest BCUT2D eigenvalue weighted by molar-refractivity contribution is -0.384. The molecule has 0 unspecified atom stereocenters. The summed E-state index contributed by atoms with van der Waals surface area (Å²) in [5.74, 6) is 0. The number of amides is 1. The number of carbonyl (C=O) groups is 1. The van der Waals surface area contributed by atoms with Gasteiger partial charge in [0.1, 0.15) is 0 Å². The van der Waals surface area contributed by atoms with Crippen molar-refractivity contribution in [2.24, 2.45) is 0 Å². The quantitative estimate of drug-likeness (QED) is 0.656. The Balaban J connectivity index is 2.15. The van der Waals surface area contributed by atoms with Crippen LogP contribution in [0.2, 0.25) is 0 Å². The maximum atomic E-state index is 12.0. The third kappa shape index (κ3) is 2.96. The fraction of sp³-hybridized carbons (Fsp3) is 0.300. The van der Waals surface area contributed by atoms with Crippen LogP contribution in [0.25, 0.3) is 0 Å². The number of anilines is 1. The Hall–Kier alpha value is -2.36. The van der Waals surface area contributed by atoms with Gasteiger partial charge in [0, 0.05) is 25.1 Å². The van der Waals surface area contributed by atoms with E-state index >= 15 is 0 Å². The van der Waals surface area contributed by atoms with E-state index in [1.54, 1.807) is 0 Å². The van der Waals surface area contributed by atoms with Crippen molar-refractivity contribution in [1.82, 2.24) is 4.31 Å². The maximum absolute atomic E-state index is 12.0. The molecule has 108 valence electrons. The van der Waals surface area contributed by atoms with Crippen LogP contribution in [0.5, 0.6) is 0 Å². The first-order valence-corrected chi connectivity index (χ1v) is 7.06. The predicted molar refractivity (Wildman–Crippen MR) is 68.3 cm³/mol. The van der Waals surface area contributed by atoms with E-state index in [2.05, 4.69) is 9.46 Å². The first-order chi connectivity index (χ1) is 9.40. The smallest absolute Gasteiger partial charge is 0.424 e. The normalized spacial score (nSPS) is 15.6. The molecule has 1 aromatic rings. The van der Waals surface area contributed by atoms with Crippen molar-refractivity contribution in [3.05, 3.63) is 34.4 Å². The summed E-state index contributed by atoms with van der Waals surface area (Å²) in [5.41, 5.74) is -0.0423. The van der Waals surface area contributed by atoms with E-state index in [-0.39, 0.29) is 24.5 Å². The number of hydrogen-bond acceptors (Lipinski definition) is 6. The summed E-state index contributed by atoms with van der Waals surface area (Å²) in [7, 11) is -4.08. The van der Waals surface area contributed by atoms with Gasteiger partial charge >= 0.3 is 16.3 Å². The molecule has 0 spiro atoms. The summed E-state index contributed by atoms with van der Waals surface area (Å²) in [6.45, 7) is 0.212. The van der Waals surface area contributed by atoms with Gasteiger partial charge in [-0.1, -0.05) is 0 Å². The highest BCUT2D eigenvalue weighted by molar-refractivity contribution is 7.90. The second kappa shape index (κ2) is 5.33. The van der Waals surface area contributed by atoms with Crippen LogP contribution < -0.4 is 4.72 Å². The Kier molecular flexibility index (Phi) is 3.74. The molecule has 0 bridgehead atoms. The number of rotatable bonds is 4. The Bertz CT molecular complexity index is 627. The molecule has 1 aromatic carbocycles. The summed E-state index contributed by atoms with van der Waals surface area (Å²) in [4.78, 5) is 21.3. The molecule has 0 atom stereocenters. The molecule has 1 aliphatic rings. The van der Waals surface area contributed by atoms with Gasteiger partial charge in [0.05, 0.1) is 17.2 Å². The van der Waals surface area contributed by atoms with Gasteiger partial charge in [-0.15, -0.1) is 0 Å². The summed E-state index contributed by atoms with van der Waals surface area (Å²) in [6.07, 6.45) is -0.530. The van der Waals surface area contributed by atoms with E-state index in [1.807, 2.05) is 0 Å². The number of benzene rings is 1. The number of nitro benzene ring substituents is 1. The molecule has 1 fully saturated rings. The van der Waals surface area contributed by atoms with Gasteiger partial charge in [-0.05, 0) is 12.1 Å². The maximum Gasteiger partial charge on any atom is 0.424 e. The van der Waals surface area contributed by atoms with Gasteiger partial charge < -0.3 is 4.74 Å². The Morgan fingerprint density at radius 1 is 1.30 bits per heavy atom. The van der Waals surface area contributed by atoms with Crippen molar-refractivity contribution in [1.29, 1.82) is 0 Å². The molecule has 0 saturated carbocycles. The Labute approximate surface area is 114 Å². The minimum atomic E-state index is -4.08. The molecule has 0 aromatic heterocycles. The highest BCUT2D eigenvalue weighted by Crippen LogP contribution is 2.18. The van der Waals surface area contributed by atoms with Crippen LogP contribution >= 0.6 is 0 Å². The molecular formula is C10H11N3O6S. The van der Waals surface area contributed by atoms with Gasteiger partial charge in [-0.2, -0.15) is 12.7 Å². The second-order valence-corrected chi connectivity index (χ2v) is 5.55. The third-order valence-electron chi connectivity index (χ3n) is 2.55. The predicted octanol–water partition coefficient (Wildman–Crippen LogP) is 1.09. The summed E-state index contributed by atoms with van der Waals surface area (Å²) in [5, 5.41) is 10.5. The van der Waals surface area contributed by atoms with Gasteiger partial charge in [0.2, 0.25) is 0 Å². The SMILES string of the molecule is O=C1OCCCN1S(=O)(=O)Nc1ccc([N+](=O)[O-])cc1. The third-order valence-corrected chi connectivity index (χ3v) is 3.96. The number of ether oxygens (including phenoxy) is 1. The van der Waals surface area contributed by atoms with Crippen molar-refractivity contribution in [2.75, 3.05) is 17.9 Å². The molecule has 1 heterocycles. The number of nitrogens with zero attached hydrogens (tertiary/aromatic N) is 2. The molecule has 0 aliphatic carbocycles. The molecule has 2 rings (SSSR count). The van der Waals surface area contributed by atoms with Crippen LogP contribution in [-0.4, -0.2) is 36.9 Å². The number of hydrogen-bond donors (Lipinski definition) is 1. The number of nitro groups is 1. The minimum absolute atomic E-state index is 0.0289. The van der Waals surface area contributed by atoms with Crippen LogP contribution in [0.4, 0.5) is 16.2 Å². The molecule has 1 amide bonds. The second-order valence-electron chi connectivity index (χ2n) is 3.95. The van der Waals surface area contributed by atoms with Gasteiger partial charge in [0.25, 0.3) is 5.69 Å². The zero-order valence-corrected chi connectivity index (χ0v) is 11.0. The average molecular weight is 301 g/mol. The molecule has 20 heavy (non-hydrogen) atoms. The van der Waals surface area contributed by atoms with Crippen molar-refractivity contribution in [3.63, 3.8) is 0 Å². The monoisotopic (exact) mass is 301 g/mol. The lowest BCUT2D eigenvalue weighted by atomic mass is 10.3. The molecular weight excluding hydrogens is 290 g/mol. The molecule has 10 heteroatoms. The van der Waals surface area contributed by atoms with E-state index < -0.39 is 21.2 Å². The Morgan fingerprint density at radius 3 is 2.50 bits per heavy atom. The fourth-order valence-electron chi connectivity index (χ4n) is 1.60. The van der Waals surface area contributed by atoms with Crippen molar-refractivity contribution < 1.29 is 22.9 Å². The summed E-state index contributed by atoms with van der Waals surface area (Å²) >= 11 is 0. The average Bonchev–Trinajstić information content (AvgIpc) is 2.39. The number of non-ortho nitro benzene ring substituents is 1. The highest BCUT2D eigenvalue weighted by atomic mass is 32.2. The van der Waals surface area contributed by atoms with Crippen LogP contribution in [0.15, 0.2) is 24.3 Å². The molecule has 9 nitrogen and oxygen atoms in total. The van der Waals surface area contributed by atoms with Crippen molar-refractivity contribution in [2.45, 2.75) is 6.42 Å². The Morgan fingerprint density at radius 2 is 1.95 bits per heavy atom. The van der Waals surface area contributed by atoms with Crippen LogP contribution in [0.3, 0.4) is 0 Å². The van der Waals surface area contributed by atoms with Crippen molar-refractivity contribution >= 4 is 27.7 Å². The standard InChI is InChI=1S/C10H11N3O6S/c14-10-12(6-1-7-19-10)20(17,18)11-8-2-4-9(5-3-8)13(15)16/h2-5,11H,1,6-7H2. The fourth-order valence-corrected chi connectivity index (χ4v) is 2.77. The minimum Gasteiger partial charge on any atom is -0.449 e. The first-order valence-electron chi connectivity index (χ1n) is 5.62. The van der Waals surface area contributed by atoms with Crippen LogP contribution in [0.1, 0.15) is 6.42 Å². The van der Waals surface area contributed by atoms with Gasteiger partial charge in [-0.3, -0.25) is 14.8 Å². The molecule has 1 saturated heterocycles. The topological polar surface area (TPSA) is 119 Å². The molecule has 1 N–H and O–H groups in total. The van der Waals surface area contributed by atoms with Crippen LogP contribution in [-0.2, 0) is 14.9 Å². The number of nitrogens with one attached hydrogen (secondary N) is 1. The van der Waals surface area contributed by atoms with E-state index in [4.69, 9.17) is 0 Å². The summed E-state index contributed by atoms with van der Waals surface area (Å²) in [6, 6.07) is 4.80. The van der Waals surface area contributed by atoms with Crippen LogP contribution in [0, 0.1) is 10.1 Å². The largest absolute Gasteiger partial charge is 0.449 e. The highest BCUT2D eigenvalue weighted by Gasteiger charge is 2.31. The molecule has 0 radical (unpaired) electrons.